The van der Waals surface area contributed by atoms with Crippen molar-refractivity contribution in [2.45, 2.75) is 24.7 Å². The number of carbonyl (C=O) groups is 1. The molecule has 0 atom stereocenters. The van der Waals surface area contributed by atoms with Crippen LogP contribution in [0.1, 0.15) is 18.9 Å². The zero-order valence-corrected chi connectivity index (χ0v) is 13.3. The summed E-state index contributed by atoms with van der Waals surface area (Å²) >= 11 is 6.02. The molecule has 6 nitrogen and oxygen atoms in total. The molecule has 1 aliphatic rings. The van der Waals surface area contributed by atoms with Gasteiger partial charge in [0, 0.05) is 18.8 Å². The van der Waals surface area contributed by atoms with E-state index in [1.54, 1.807) is 0 Å². The summed E-state index contributed by atoms with van der Waals surface area (Å²) in [4.78, 5) is 11.3. The molecule has 8 heteroatoms. The van der Waals surface area contributed by atoms with E-state index in [1.807, 2.05) is 6.92 Å². The molecule has 1 aliphatic heterocycles. The molecule has 0 saturated carbocycles. The zero-order valence-electron chi connectivity index (χ0n) is 11.7. The molecule has 3 N–H and O–H groups in total. The molecule has 2 rings (SSSR count). The van der Waals surface area contributed by atoms with Gasteiger partial charge in [0.2, 0.25) is 15.9 Å². The fraction of sp³-hybridized carbons (Fsp3) is 0.462. The van der Waals surface area contributed by atoms with E-state index in [2.05, 4.69) is 15.4 Å². The topological polar surface area (TPSA) is 87.3 Å². The molecule has 0 bridgehead atoms. The van der Waals surface area contributed by atoms with E-state index >= 15 is 0 Å². The number of fused-ring (bicyclic) bond motifs is 1. The lowest BCUT2D eigenvalue weighted by Crippen LogP contribution is -2.32. The molecule has 0 radical (unpaired) electrons. The van der Waals surface area contributed by atoms with Crippen molar-refractivity contribution >= 4 is 33.2 Å². The molecule has 0 fully saturated rings. The van der Waals surface area contributed by atoms with E-state index in [0.29, 0.717) is 17.8 Å². The summed E-state index contributed by atoms with van der Waals surface area (Å²) in [5, 5.41) is 5.84. The van der Waals surface area contributed by atoms with Crippen molar-refractivity contribution in [2.24, 2.45) is 0 Å². The number of hydrogen-bond acceptors (Lipinski definition) is 4. The Morgan fingerprint density at radius 3 is 2.76 bits per heavy atom. The molecular formula is C13H18ClN3O3S. The highest BCUT2D eigenvalue weighted by atomic mass is 35.5. The molecule has 0 aliphatic carbocycles. The normalized spacial score (nSPS) is 14.1. The average molecular weight is 332 g/mol. The Bertz CT molecular complexity index is 646. The number of carbonyl (C=O) groups excluding carboxylic acids is 1. The standard InChI is InChI=1S/C13H18ClN3O3S/c1-2-3-15-4-5-16-21(19,20)12-6-9-7-13(18)17-11(9)8-10(12)14/h6,8,15-16H,2-5,7H2,1H3,(H,17,18). The largest absolute Gasteiger partial charge is 0.325 e. The Labute approximate surface area is 129 Å². The van der Waals surface area contributed by atoms with Crippen LogP contribution < -0.4 is 15.4 Å². The second kappa shape index (κ2) is 6.74. The quantitative estimate of drug-likeness (QED) is 0.653. The van der Waals surface area contributed by atoms with E-state index in [9.17, 15) is 13.2 Å². The van der Waals surface area contributed by atoms with E-state index in [4.69, 9.17) is 11.6 Å². The fourth-order valence-corrected chi connectivity index (χ4v) is 3.69. The molecular weight excluding hydrogens is 314 g/mol. The first-order chi connectivity index (χ1) is 9.94. The van der Waals surface area contributed by atoms with Crippen molar-refractivity contribution in [2.75, 3.05) is 25.0 Å². The Hall–Kier alpha value is -1.15. The molecule has 1 aromatic carbocycles. The summed E-state index contributed by atoms with van der Waals surface area (Å²) in [6.07, 6.45) is 1.16. The first kappa shape index (κ1) is 16.2. The summed E-state index contributed by atoms with van der Waals surface area (Å²) in [6, 6.07) is 2.93. The van der Waals surface area contributed by atoms with Crippen molar-refractivity contribution in [3.05, 3.63) is 22.7 Å². The van der Waals surface area contributed by atoms with Crippen LogP contribution in [-0.4, -0.2) is 34.0 Å². The molecule has 0 spiro atoms. The first-order valence-corrected chi connectivity index (χ1v) is 8.63. The number of sulfonamides is 1. The van der Waals surface area contributed by atoms with Crippen LogP contribution in [-0.2, 0) is 21.2 Å². The second-order valence-electron chi connectivity index (χ2n) is 4.81. The summed E-state index contributed by atoms with van der Waals surface area (Å²) < 4.78 is 27.0. The van der Waals surface area contributed by atoms with Crippen molar-refractivity contribution in [3.63, 3.8) is 0 Å². The SMILES string of the molecule is CCCNCCNS(=O)(=O)c1cc2c(cc1Cl)NC(=O)C2. The summed E-state index contributed by atoms with van der Waals surface area (Å²) in [7, 11) is -3.68. The first-order valence-electron chi connectivity index (χ1n) is 6.76. The third-order valence-electron chi connectivity index (χ3n) is 3.09. The van der Waals surface area contributed by atoms with Crippen LogP contribution in [0, 0.1) is 0 Å². The van der Waals surface area contributed by atoms with Gasteiger partial charge in [0.1, 0.15) is 4.90 Å². The third-order valence-corrected chi connectivity index (χ3v) is 5.02. The van der Waals surface area contributed by atoms with Gasteiger partial charge < -0.3 is 10.6 Å². The maximum atomic E-state index is 12.2. The van der Waals surface area contributed by atoms with Gasteiger partial charge in [-0.3, -0.25) is 4.79 Å². The number of amides is 1. The number of halogens is 1. The maximum Gasteiger partial charge on any atom is 0.242 e. The average Bonchev–Trinajstić information content (AvgIpc) is 2.76. The minimum Gasteiger partial charge on any atom is -0.325 e. The zero-order chi connectivity index (χ0) is 15.5. The monoisotopic (exact) mass is 331 g/mol. The van der Waals surface area contributed by atoms with Gasteiger partial charge in [0.25, 0.3) is 0 Å². The second-order valence-corrected chi connectivity index (χ2v) is 6.96. The lowest BCUT2D eigenvalue weighted by Gasteiger charge is -2.10. The molecule has 1 heterocycles. The fourth-order valence-electron chi connectivity index (χ4n) is 2.08. The molecule has 1 aromatic rings. The number of nitrogens with one attached hydrogen (secondary N) is 3. The Morgan fingerprint density at radius 1 is 1.29 bits per heavy atom. The van der Waals surface area contributed by atoms with Crippen LogP contribution in [0.4, 0.5) is 5.69 Å². The molecule has 116 valence electrons. The number of hydrogen-bond donors (Lipinski definition) is 3. The predicted molar refractivity (Wildman–Crippen MR) is 82.1 cm³/mol. The number of anilines is 1. The van der Waals surface area contributed by atoms with Gasteiger partial charge in [0.15, 0.2) is 0 Å². The van der Waals surface area contributed by atoms with Crippen LogP contribution in [0.15, 0.2) is 17.0 Å². The summed E-state index contributed by atoms with van der Waals surface area (Å²) in [5.74, 6) is -0.160. The Morgan fingerprint density at radius 2 is 2.05 bits per heavy atom. The molecule has 0 aromatic heterocycles. The number of rotatable bonds is 7. The smallest absolute Gasteiger partial charge is 0.242 e. The summed E-state index contributed by atoms with van der Waals surface area (Å²) in [5.41, 5.74) is 1.22. The van der Waals surface area contributed by atoms with Crippen LogP contribution >= 0.6 is 11.6 Å². The van der Waals surface area contributed by atoms with Crippen molar-refractivity contribution in [3.8, 4) is 0 Å². The molecule has 21 heavy (non-hydrogen) atoms. The van der Waals surface area contributed by atoms with Crippen molar-refractivity contribution < 1.29 is 13.2 Å². The van der Waals surface area contributed by atoms with E-state index in [1.165, 1.54) is 12.1 Å². The Balaban J connectivity index is 2.10. The lowest BCUT2D eigenvalue weighted by atomic mass is 10.2. The van der Waals surface area contributed by atoms with Gasteiger partial charge in [0.05, 0.1) is 11.4 Å². The molecule has 0 unspecified atom stereocenters. The van der Waals surface area contributed by atoms with Gasteiger partial charge in [-0.25, -0.2) is 13.1 Å². The van der Waals surface area contributed by atoms with Gasteiger partial charge in [-0.2, -0.15) is 0 Å². The minimum absolute atomic E-state index is 0.00917. The minimum atomic E-state index is -3.68. The maximum absolute atomic E-state index is 12.2. The molecule has 0 saturated heterocycles. The van der Waals surface area contributed by atoms with Gasteiger partial charge in [-0.05, 0) is 30.7 Å². The van der Waals surface area contributed by atoms with Crippen LogP contribution in [0.5, 0.6) is 0 Å². The number of benzene rings is 1. The van der Waals surface area contributed by atoms with Crippen LogP contribution in [0.2, 0.25) is 5.02 Å². The van der Waals surface area contributed by atoms with E-state index in [-0.39, 0.29) is 28.8 Å². The van der Waals surface area contributed by atoms with Gasteiger partial charge in [-0.1, -0.05) is 18.5 Å². The predicted octanol–water partition coefficient (Wildman–Crippen LogP) is 1.11. The molecule has 1 amide bonds. The van der Waals surface area contributed by atoms with Crippen molar-refractivity contribution in [1.29, 1.82) is 0 Å². The van der Waals surface area contributed by atoms with Gasteiger partial charge in [-0.15, -0.1) is 0 Å². The highest BCUT2D eigenvalue weighted by Crippen LogP contribution is 2.31. The third kappa shape index (κ3) is 3.94. The Kier molecular flexibility index (Phi) is 5.21. The lowest BCUT2D eigenvalue weighted by molar-refractivity contribution is -0.115. The van der Waals surface area contributed by atoms with E-state index in [0.717, 1.165) is 13.0 Å². The summed E-state index contributed by atoms with van der Waals surface area (Å²) in [6.45, 7) is 3.72. The van der Waals surface area contributed by atoms with Crippen LogP contribution in [0.25, 0.3) is 0 Å². The highest BCUT2D eigenvalue weighted by molar-refractivity contribution is 7.89. The van der Waals surface area contributed by atoms with Gasteiger partial charge >= 0.3 is 0 Å². The van der Waals surface area contributed by atoms with E-state index < -0.39 is 10.0 Å². The van der Waals surface area contributed by atoms with Crippen molar-refractivity contribution in [1.82, 2.24) is 10.0 Å². The van der Waals surface area contributed by atoms with Crippen LogP contribution in [0.3, 0.4) is 0 Å². The highest BCUT2D eigenvalue weighted by Gasteiger charge is 2.24.